The summed E-state index contributed by atoms with van der Waals surface area (Å²) in [6, 6.07) is 16.5. The molecule has 0 aliphatic carbocycles. The molecule has 0 radical (unpaired) electrons. The normalized spacial score (nSPS) is 14.6. The van der Waals surface area contributed by atoms with Gasteiger partial charge in [-0.1, -0.05) is 39.7 Å². The van der Waals surface area contributed by atoms with Crippen LogP contribution in [0.2, 0.25) is 5.02 Å². The number of halogens is 2. The lowest BCUT2D eigenvalue weighted by molar-refractivity contribution is 0.435. The first-order chi connectivity index (χ1) is 17.1. The smallest absolute Gasteiger partial charge is 0.256 e. The maximum atomic E-state index is 13.5. The minimum Gasteiger partial charge on any atom is -0.461 e. The Morgan fingerprint density at radius 3 is 2.74 bits per heavy atom. The van der Waals surface area contributed by atoms with Crippen LogP contribution in [-0.2, 0) is 0 Å². The van der Waals surface area contributed by atoms with Crippen LogP contribution in [0.15, 0.2) is 80.9 Å². The quantitative estimate of drug-likeness (QED) is 0.289. The van der Waals surface area contributed by atoms with Gasteiger partial charge in [0.2, 0.25) is 11.7 Å². The summed E-state index contributed by atoms with van der Waals surface area (Å²) in [4.78, 5) is 25.8. The molecule has 1 aliphatic heterocycles. The van der Waals surface area contributed by atoms with Crippen molar-refractivity contribution in [2.75, 3.05) is 0 Å². The minimum absolute atomic E-state index is 0.256. The Balaban J connectivity index is 1.57. The van der Waals surface area contributed by atoms with Gasteiger partial charge in [-0.3, -0.25) is 4.79 Å². The highest BCUT2D eigenvalue weighted by molar-refractivity contribution is 9.10. The Morgan fingerprint density at radius 1 is 1.09 bits per heavy atom. The molecule has 0 spiro atoms. The predicted molar refractivity (Wildman–Crippen MR) is 133 cm³/mol. The van der Waals surface area contributed by atoms with Crippen molar-refractivity contribution < 1.29 is 9.15 Å². The molecule has 6 aromatic rings. The lowest BCUT2D eigenvalue weighted by Gasteiger charge is -2.28. The molecule has 0 amide bonds. The highest BCUT2D eigenvalue weighted by Gasteiger charge is 2.36. The van der Waals surface area contributed by atoms with Crippen LogP contribution in [0.5, 0.6) is 11.6 Å². The molecule has 170 valence electrons. The van der Waals surface area contributed by atoms with Crippen LogP contribution in [0.4, 0.5) is 0 Å². The number of hydrogen-bond donors (Lipinski definition) is 1. The van der Waals surface area contributed by atoms with Gasteiger partial charge in [-0.25, -0.2) is 14.5 Å². The second-order valence-electron chi connectivity index (χ2n) is 8.12. The molecule has 1 unspecified atom stereocenters. The van der Waals surface area contributed by atoms with Gasteiger partial charge in [-0.05, 0) is 48.0 Å². The molecule has 0 saturated carbocycles. The van der Waals surface area contributed by atoms with E-state index in [1.807, 2.05) is 30.3 Å². The van der Waals surface area contributed by atoms with Gasteiger partial charge in [0, 0.05) is 14.9 Å². The van der Waals surface area contributed by atoms with E-state index in [-0.39, 0.29) is 5.56 Å². The number of furan rings is 1. The Morgan fingerprint density at radius 2 is 1.94 bits per heavy atom. The molecule has 1 N–H and O–H groups in total. The fourth-order valence-corrected chi connectivity index (χ4v) is 5.04. The number of nitrogens with zero attached hydrogens (tertiary/aromatic N) is 4. The molecule has 35 heavy (non-hydrogen) atoms. The fraction of sp³-hybridized carbons (Fsp3) is 0.0400. The van der Waals surface area contributed by atoms with Crippen molar-refractivity contribution in [2.24, 2.45) is 0 Å². The molecule has 8 nitrogen and oxygen atoms in total. The van der Waals surface area contributed by atoms with Crippen molar-refractivity contribution in [3.8, 4) is 23.2 Å². The molecule has 4 aromatic heterocycles. The van der Waals surface area contributed by atoms with E-state index in [0.29, 0.717) is 50.5 Å². The number of pyridine rings is 1. The van der Waals surface area contributed by atoms with Crippen molar-refractivity contribution in [3.05, 3.63) is 104 Å². The summed E-state index contributed by atoms with van der Waals surface area (Å²) in [5.74, 6) is 1.22. The van der Waals surface area contributed by atoms with Crippen LogP contribution in [0, 0.1) is 0 Å². The van der Waals surface area contributed by atoms with E-state index in [1.165, 1.54) is 0 Å². The van der Waals surface area contributed by atoms with Gasteiger partial charge in [0.25, 0.3) is 5.56 Å². The molecule has 1 aliphatic rings. The first kappa shape index (κ1) is 20.4. The number of aromatic amines is 1. The van der Waals surface area contributed by atoms with Gasteiger partial charge in [-0.15, -0.1) is 5.10 Å². The number of hydrogen-bond acceptors (Lipinski definition) is 6. The van der Waals surface area contributed by atoms with E-state index in [2.05, 4.69) is 31.0 Å². The van der Waals surface area contributed by atoms with Crippen LogP contribution in [0.3, 0.4) is 0 Å². The van der Waals surface area contributed by atoms with E-state index in [1.54, 1.807) is 41.4 Å². The van der Waals surface area contributed by atoms with E-state index in [0.717, 1.165) is 15.4 Å². The SMILES string of the molecule is O=c1[nH]c2ccc(Br)cc2c2c1C(c1ccc(Cl)cc1)c1c(ncn3nc(-c4ccco4)nc13)O2. The van der Waals surface area contributed by atoms with E-state index in [4.69, 9.17) is 25.7 Å². The Labute approximate surface area is 210 Å². The lowest BCUT2D eigenvalue weighted by atomic mass is 9.84. The number of H-pyrrole nitrogens is 1. The van der Waals surface area contributed by atoms with E-state index in [9.17, 15) is 4.79 Å². The zero-order chi connectivity index (χ0) is 23.7. The summed E-state index contributed by atoms with van der Waals surface area (Å²) in [5.41, 5.74) is 2.86. The summed E-state index contributed by atoms with van der Waals surface area (Å²) < 4.78 is 14.2. The zero-order valence-electron chi connectivity index (χ0n) is 17.7. The monoisotopic (exact) mass is 545 g/mol. The standard InChI is InChI=1S/C25H13BrClN5O3/c26-13-5-8-16-15(10-13)21-19(24(33)29-16)18(12-3-6-14(27)7-4-12)20-23-30-22(17-2-1-9-34-17)31-32(23)11-28-25(20)35-21/h1-11,18H,(H,29,33). The zero-order valence-corrected chi connectivity index (χ0v) is 20.0. The van der Waals surface area contributed by atoms with Crippen LogP contribution in [0.1, 0.15) is 22.6 Å². The number of fused-ring (bicyclic) bond motifs is 6. The second kappa shape index (κ2) is 7.53. The Bertz CT molecular complexity index is 1830. The first-order valence-electron chi connectivity index (χ1n) is 10.6. The van der Waals surface area contributed by atoms with Crippen LogP contribution >= 0.6 is 27.5 Å². The third-order valence-electron chi connectivity index (χ3n) is 6.07. The van der Waals surface area contributed by atoms with Crippen LogP contribution in [0.25, 0.3) is 28.1 Å². The topological polar surface area (TPSA) is 98.3 Å². The van der Waals surface area contributed by atoms with Gasteiger partial charge in [0.05, 0.1) is 28.8 Å². The molecule has 0 saturated heterocycles. The molecule has 2 aromatic carbocycles. The maximum absolute atomic E-state index is 13.5. The summed E-state index contributed by atoms with van der Waals surface area (Å²) in [7, 11) is 0. The molecular weight excluding hydrogens is 534 g/mol. The third kappa shape index (κ3) is 3.12. The number of ether oxygens (including phenoxy) is 1. The Kier molecular flexibility index (Phi) is 4.39. The van der Waals surface area contributed by atoms with E-state index < -0.39 is 5.92 Å². The molecule has 1 atom stereocenters. The molecular formula is C25H13BrClN5O3. The number of aromatic nitrogens is 5. The third-order valence-corrected chi connectivity index (χ3v) is 6.82. The number of nitrogens with one attached hydrogen (secondary N) is 1. The first-order valence-corrected chi connectivity index (χ1v) is 11.8. The van der Waals surface area contributed by atoms with Gasteiger partial charge < -0.3 is 14.1 Å². The Hall–Kier alpha value is -3.95. The summed E-state index contributed by atoms with van der Waals surface area (Å²) in [5, 5.41) is 5.88. The minimum atomic E-state index is -0.525. The van der Waals surface area contributed by atoms with E-state index >= 15 is 0 Å². The van der Waals surface area contributed by atoms with Crippen molar-refractivity contribution in [2.45, 2.75) is 5.92 Å². The lowest BCUT2D eigenvalue weighted by Crippen LogP contribution is -2.24. The number of benzene rings is 2. The molecule has 5 heterocycles. The van der Waals surface area contributed by atoms with Gasteiger partial charge in [0.15, 0.2) is 11.4 Å². The summed E-state index contributed by atoms with van der Waals surface area (Å²) in [6.07, 6.45) is 3.11. The van der Waals surface area contributed by atoms with Gasteiger partial charge in [0.1, 0.15) is 12.1 Å². The van der Waals surface area contributed by atoms with Crippen molar-refractivity contribution >= 4 is 44.1 Å². The van der Waals surface area contributed by atoms with Crippen molar-refractivity contribution in [1.82, 2.24) is 24.6 Å². The average Bonchev–Trinajstić information content (AvgIpc) is 3.54. The molecule has 0 fully saturated rings. The van der Waals surface area contributed by atoms with Crippen LogP contribution in [-0.4, -0.2) is 24.6 Å². The highest BCUT2D eigenvalue weighted by atomic mass is 79.9. The highest BCUT2D eigenvalue weighted by Crippen LogP contribution is 2.48. The van der Waals surface area contributed by atoms with Gasteiger partial charge in [-0.2, -0.15) is 0 Å². The van der Waals surface area contributed by atoms with Crippen molar-refractivity contribution in [3.63, 3.8) is 0 Å². The molecule has 0 bridgehead atoms. The second-order valence-corrected chi connectivity index (χ2v) is 9.47. The van der Waals surface area contributed by atoms with Crippen LogP contribution < -0.4 is 10.3 Å². The largest absolute Gasteiger partial charge is 0.461 e. The van der Waals surface area contributed by atoms with Gasteiger partial charge >= 0.3 is 0 Å². The predicted octanol–water partition coefficient (Wildman–Crippen LogP) is 5.93. The fourth-order valence-electron chi connectivity index (χ4n) is 4.56. The summed E-state index contributed by atoms with van der Waals surface area (Å²) >= 11 is 9.71. The molecule has 10 heteroatoms. The average molecular weight is 547 g/mol. The maximum Gasteiger partial charge on any atom is 0.256 e. The summed E-state index contributed by atoms with van der Waals surface area (Å²) in [6.45, 7) is 0. The number of rotatable bonds is 2. The van der Waals surface area contributed by atoms with Crippen molar-refractivity contribution in [1.29, 1.82) is 0 Å². The molecule has 7 rings (SSSR count).